The first-order valence-electron chi connectivity index (χ1n) is 7.63. The van der Waals surface area contributed by atoms with Crippen molar-refractivity contribution in [2.75, 3.05) is 26.2 Å². The number of hydrogen-bond acceptors (Lipinski definition) is 2. The zero-order chi connectivity index (χ0) is 13.6. The van der Waals surface area contributed by atoms with E-state index < -0.39 is 0 Å². The first-order valence-corrected chi connectivity index (χ1v) is 7.63. The van der Waals surface area contributed by atoms with Gasteiger partial charge in [0.15, 0.2) is 0 Å². The highest BCUT2D eigenvalue weighted by atomic mass is 15.4. The van der Waals surface area contributed by atoms with Crippen molar-refractivity contribution in [1.82, 2.24) is 9.80 Å². The number of rotatable bonds is 1. The zero-order valence-electron chi connectivity index (χ0n) is 13.3. The monoisotopic (exact) mass is 252 g/mol. The van der Waals surface area contributed by atoms with Gasteiger partial charge in [0.05, 0.1) is 0 Å². The van der Waals surface area contributed by atoms with Crippen molar-refractivity contribution in [2.45, 2.75) is 71.9 Å². The van der Waals surface area contributed by atoms with Crippen molar-refractivity contribution in [1.29, 1.82) is 0 Å². The predicted octanol–water partition coefficient (Wildman–Crippen LogP) is 3.37. The van der Waals surface area contributed by atoms with Crippen LogP contribution < -0.4 is 0 Å². The van der Waals surface area contributed by atoms with Crippen molar-refractivity contribution in [3.05, 3.63) is 0 Å². The van der Waals surface area contributed by atoms with E-state index in [2.05, 4.69) is 51.3 Å². The molecule has 1 heterocycles. The second-order valence-electron chi connectivity index (χ2n) is 8.67. The van der Waals surface area contributed by atoms with Crippen LogP contribution in [0.2, 0.25) is 0 Å². The van der Waals surface area contributed by atoms with Crippen LogP contribution in [0.1, 0.15) is 60.8 Å². The molecule has 2 aliphatic rings. The quantitative estimate of drug-likeness (QED) is 0.706. The van der Waals surface area contributed by atoms with E-state index in [-0.39, 0.29) is 0 Å². The van der Waals surface area contributed by atoms with Crippen LogP contribution >= 0.6 is 0 Å². The lowest BCUT2D eigenvalue weighted by Crippen LogP contribution is -2.70. The first kappa shape index (κ1) is 14.3. The van der Waals surface area contributed by atoms with E-state index in [1.54, 1.807) is 0 Å². The minimum Gasteiger partial charge on any atom is -0.300 e. The fourth-order valence-corrected chi connectivity index (χ4v) is 3.92. The minimum absolute atomic E-state index is 0.328. The standard InChI is InChI=1S/C16H32N2/c1-14(2,3)12-17-10-11-18(15(4,5)6)16(13-17)8-7-9-16/h7-13H2,1-6H3. The van der Waals surface area contributed by atoms with E-state index in [0.717, 1.165) is 0 Å². The predicted molar refractivity (Wildman–Crippen MR) is 78.9 cm³/mol. The van der Waals surface area contributed by atoms with E-state index in [1.165, 1.54) is 45.4 Å². The Balaban J connectivity index is 2.06. The second-order valence-corrected chi connectivity index (χ2v) is 8.67. The molecule has 0 aromatic heterocycles. The first-order chi connectivity index (χ1) is 8.12. The third-order valence-electron chi connectivity index (χ3n) is 4.52. The van der Waals surface area contributed by atoms with Crippen molar-refractivity contribution in [3.63, 3.8) is 0 Å². The molecule has 2 nitrogen and oxygen atoms in total. The summed E-state index contributed by atoms with van der Waals surface area (Å²) in [5, 5.41) is 0. The van der Waals surface area contributed by atoms with Gasteiger partial charge in [0.1, 0.15) is 0 Å². The average Bonchev–Trinajstić information content (AvgIpc) is 2.10. The molecule has 0 aromatic rings. The van der Waals surface area contributed by atoms with Crippen LogP contribution in [0.3, 0.4) is 0 Å². The van der Waals surface area contributed by atoms with Gasteiger partial charge in [-0.2, -0.15) is 0 Å². The van der Waals surface area contributed by atoms with Gasteiger partial charge in [-0.15, -0.1) is 0 Å². The fraction of sp³-hybridized carbons (Fsp3) is 1.00. The molecule has 2 rings (SSSR count). The number of hydrogen-bond donors (Lipinski definition) is 0. The molecule has 0 N–H and O–H groups in total. The molecule has 1 saturated heterocycles. The molecule has 1 aliphatic heterocycles. The van der Waals surface area contributed by atoms with Crippen molar-refractivity contribution in [2.24, 2.45) is 5.41 Å². The maximum Gasteiger partial charge on any atom is 0.0342 e. The molecule has 2 fully saturated rings. The van der Waals surface area contributed by atoms with E-state index in [4.69, 9.17) is 0 Å². The summed E-state index contributed by atoms with van der Waals surface area (Å²) in [6, 6.07) is 0. The van der Waals surface area contributed by atoms with Crippen LogP contribution in [0, 0.1) is 5.41 Å². The summed E-state index contributed by atoms with van der Waals surface area (Å²) in [5.41, 5.74) is 1.25. The Morgan fingerprint density at radius 2 is 1.56 bits per heavy atom. The molecule has 0 amide bonds. The Morgan fingerprint density at radius 1 is 0.944 bits per heavy atom. The van der Waals surface area contributed by atoms with Gasteiger partial charge in [-0.25, -0.2) is 0 Å². The molecule has 1 spiro atoms. The molecule has 0 aromatic carbocycles. The van der Waals surface area contributed by atoms with Gasteiger partial charge in [0, 0.05) is 37.3 Å². The lowest BCUT2D eigenvalue weighted by Gasteiger charge is -2.61. The van der Waals surface area contributed by atoms with Gasteiger partial charge >= 0.3 is 0 Å². The summed E-state index contributed by atoms with van der Waals surface area (Å²) in [4.78, 5) is 5.50. The Bertz CT molecular complexity index is 291. The van der Waals surface area contributed by atoms with Crippen LogP contribution in [-0.4, -0.2) is 47.1 Å². The van der Waals surface area contributed by atoms with Crippen molar-refractivity contribution >= 4 is 0 Å². The van der Waals surface area contributed by atoms with Gasteiger partial charge in [-0.3, -0.25) is 9.80 Å². The highest BCUT2D eigenvalue weighted by molar-refractivity contribution is 5.06. The Morgan fingerprint density at radius 3 is 1.94 bits per heavy atom. The summed E-state index contributed by atoms with van der Waals surface area (Å²) in [6.45, 7) is 19.2. The molecule has 18 heavy (non-hydrogen) atoms. The van der Waals surface area contributed by atoms with Gasteiger partial charge in [-0.05, 0) is 45.4 Å². The highest BCUT2D eigenvalue weighted by Gasteiger charge is 2.49. The Hall–Kier alpha value is -0.0800. The molecular weight excluding hydrogens is 220 g/mol. The Kier molecular flexibility index (Phi) is 3.57. The van der Waals surface area contributed by atoms with Crippen LogP contribution in [0.25, 0.3) is 0 Å². The lowest BCUT2D eigenvalue weighted by molar-refractivity contribution is -0.103. The minimum atomic E-state index is 0.328. The van der Waals surface area contributed by atoms with E-state index in [1.807, 2.05) is 0 Å². The van der Waals surface area contributed by atoms with Gasteiger partial charge in [0.25, 0.3) is 0 Å². The molecule has 1 aliphatic carbocycles. The maximum atomic E-state index is 2.79. The van der Waals surface area contributed by atoms with Crippen LogP contribution in [0.5, 0.6) is 0 Å². The maximum absolute atomic E-state index is 2.79. The summed E-state index contributed by atoms with van der Waals surface area (Å²) in [6.07, 6.45) is 4.24. The normalized spacial score (nSPS) is 26.3. The average molecular weight is 252 g/mol. The molecular formula is C16H32N2. The van der Waals surface area contributed by atoms with Crippen LogP contribution in [0.15, 0.2) is 0 Å². The van der Waals surface area contributed by atoms with Crippen molar-refractivity contribution < 1.29 is 0 Å². The second kappa shape index (κ2) is 4.49. The van der Waals surface area contributed by atoms with E-state index >= 15 is 0 Å². The third kappa shape index (κ3) is 2.91. The van der Waals surface area contributed by atoms with E-state index in [9.17, 15) is 0 Å². The molecule has 0 atom stereocenters. The Labute approximate surface area is 114 Å². The van der Waals surface area contributed by atoms with Crippen LogP contribution in [-0.2, 0) is 0 Å². The van der Waals surface area contributed by atoms with Gasteiger partial charge in [-0.1, -0.05) is 20.8 Å². The largest absolute Gasteiger partial charge is 0.300 e. The summed E-state index contributed by atoms with van der Waals surface area (Å²) in [5.74, 6) is 0. The molecule has 0 bridgehead atoms. The van der Waals surface area contributed by atoms with E-state index in [0.29, 0.717) is 16.5 Å². The topological polar surface area (TPSA) is 6.48 Å². The number of piperazine rings is 1. The molecule has 0 radical (unpaired) electrons. The third-order valence-corrected chi connectivity index (χ3v) is 4.52. The smallest absolute Gasteiger partial charge is 0.0342 e. The summed E-state index contributed by atoms with van der Waals surface area (Å²) < 4.78 is 0. The zero-order valence-corrected chi connectivity index (χ0v) is 13.3. The van der Waals surface area contributed by atoms with Gasteiger partial charge in [0.2, 0.25) is 0 Å². The molecule has 1 saturated carbocycles. The summed E-state index contributed by atoms with van der Waals surface area (Å²) in [7, 11) is 0. The summed E-state index contributed by atoms with van der Waals surface area (Å²) >= 11 is 0. The van der Waals surface area contributed by atoms with Crippen molar-refractivity contribution in [3.8, 4) is 0 Å². The highest BCUT2D eigenvalue weighted by Crippen LogP contribution is 2.44. The fourth-order valence-electron chi connectivity index (χ4n) is 3.92. The SMILES string of the molecule is CC(C)(C)CN1CCN(C(C)(C)C)C2(CCC2)C1. The van der Waals surface area contributed by atoms with Gasteiger partial charge < -0.3 is 0 Å². The number of nitrogens with zero attached hydrogens (tertiary/aromatic N) is 2. The molecule has 0 unspecified atom stereocenters. The van der Waals surface area contributed by atoms with Crippen LogP contribution in [0.4, 0.5) is 0 Å². The molecule has 2 heteroatoms. The lowest BCUT2D eigenvalue weighted by atomic mass is 9.71. The molecule has 106 valence electrons.